The van der Waals surface area contributed by atoms with Gasteiger partial charge in [0.25, 0.3) is 0 Å². The van der Waals surface area contributed by atoms with Crippen molar-refractivity contribution in [1.29, 1.82) is 0 Å². The van der Waals surface area contributed by atoms with Crippen LogP contribution in [0.1, 0.15) is 45.7 Å². The van der Waals surface area contributed by atoms with Crippen molar-refractivity contribution in [2.24, 2.45) is 0 Å². The Kier molecular flexibility index (Phi) is 4.88. The SMILES string of the molecule is CCCN(Cc1cnccn1)C1CCOC(C)(C)C1. The molecule has 4 nitrogen and oxygen atoms in total. The highest BCUT2D eigenvalue weighted by Gasteiger charge is 2.32. The van der Waals surface area contributed by atoms with Gasteiger partial charge in [-0.15, -0.1) is 0 Å². The number of aromatic nitrogens is 2. The van der Waals surface area contributed by atoms with Crippen LogP contribution in [0.15, 0.2) is 18.6 Å². The zero-order valence-electron chi connectivity index (χ0n) is 12.3. The summed E-state index contributed by atoms with van der Waals surface area (Å²) < 4.78 is 5.82. The monoisotopic (exact) mass is 263 g/mol. The van der Waals surface area contributed by atoms with Crippen LogP contribution in [-0.2, 0) is 11.3 Å². The van der Waals surface area contributed by atoms with Gasteiger partial charge in [-0.2, -0.15) is 0 Å². The average molecular weight is 263 g/mol. The molecule has 0 radical (unpaired) electrons. The summed E-state index contributed by atoms with van der Waals surface area (Å²) in [5.41, 5.74) is 1.05. The van der Waals surface area contributed by atoms with Crippen molar-refractivity contribution in [2.75, 3.05) is 13.2 Å². The maximum atomic E-state index is 5.82. The van der Waals surface area contributed by atoms with Gasteiger partial charge >= 0.3 is 0 Å². The van der Waals surface area contributed by atoms with Gasteiger partial charge in [0.15, 0.2) is 0 Å². The third-order valence-corrected chi connectivity index (χ3v) is 3.68. The molecule has 1 saturated heterocycles. The first-order valence-corrected chi connectivity index (χ1v) is 7.23. The molecular formula is C15H25N3O. The van der Waals surface area contributed by atoms with E-state index in [-0.39, 0.29) is 5.60 Å². The maximum Gasteiger partial charge on any atom is 0.0726 e. The summed E-state index contributed by atoms with van der Waals surface area (Å²) in [7, 11) is 0. The molecule has 1 fully saturated rings. The second-order valence-electron chi connectivity index (χ2n) is 5.92. The van der Waals surface area contributed by atoms with Crippen LogP contribution >= 0.6 is 0 Å². The van der Waals surface area contributed by atoms with Crippen molar-refractivity contribution >= 4 is 0 Å². The Morgan fingerprint density at radius 3 is 2.89 bits per heavy atom. The summed E-state index contributed by atoms with van der Waals surface area (Å²) >= 11 is 0. The van der Waals surface area contributed by atoms with E-state index in [0.29, 0.717) is 6.04 Å². The Balaban J connectivity index is 2.03. The third-order valence-electron chi connectivity index (χ3n) is 3.68. The van der Waals surface area contributed by atoms with E-state index < -0.39 is 0 Å². The van der Waals surface area contributed by atoms with Crippen molar-refractivity contribution in [1.82, 2.24) is 14.9 Å². The van der Waals surface area contributed by atoms with Gasteiger partial charge in [0.1, 0.15) is 0 Å². The van der Waals surface area contributed by atoms with Crippen LogP contribution in [0.5, 0.6) is 0 Å². The Hall–Kier alpha value is -1.00. The lowest BCUT2D eigenvalue weighted by Gasteiger charge is -2.41. The molecule has 0 aliphatic carbocycles. The molecule has 0 aromatic carbocycles. The predicted octanol–water partition coefficient (Wildman–Crippen LogP) is 2.65. The summed E-state index contributed by atoms with van der Waals surface area (Å²) in [6, 6.07) is 0.589. The molecule has 1 aromatic heterocycles. The van der Waals surface area contributed by atoms with Crippen molar-refractivity contribution < 1.29 is 4.74 Å². The van der Waals surface area contributed by atoms with Crippen molar-refractivity contribution in [3.8, 4) is 0 Å². The number of hydrogen-bond acceptors (Lipinski definition) is 4. The van der Waals surface area contributed by atoms with E-state index in [1.807, 2.05) is 6.20 Å². The van der Waals surface area contributed by atoms with Gasteiger partial charge in [-0.05, 0) is 39.7 Å². The number of ether oxygens (including phenoxy) is 1. The molecule has 106 valence electrons. The summed E-state index contributed by atoms with van der Waals surface area (Å²) in [5.74, 6) is 0. The summed E-state index contributed by atoms with van der Waals surface area (Å²) in [6.07, 6.45) is 8.74. The van der Waals surface area contributed by atoms with Crippen molar-refractivity contribution in [3.63, 3.8) is 0 Å². The van der Waals surface area contributed by atoms with Gasteiger partial charge in [-0.25, -0.2) is 0 Å². The minimum atomic E-state index is -0.00270. The molecule has 0 saturated carbocycles. The van der Waals surface area contributed by atoms with Crippen LogP contribution in [0.25, 0.3) is 0 Å². The molecule has 1 aliphatic heterocycles. The second kappa shape index (κ2) is 6.44. The minimum Gasteiger partial charge on any atom is -0.375 e. The van der Waals surface area contributed by atoms with Gasteiger partial charge < -0.3 is 4.74 Å². The van der Waals surface area contributed by atoms with Crippen molar-refractivity contribution in [2.45, 2.75) is 58.2 Å². The second-order valence-corrected chi connectivity index (χ2v) is 5.92. The largest absolute Gasteiger partial charge is 0.375 e. The highest BCUT2D eigenvalue weighted by molar-refractivity contribution is 4.96. The lowest BCUT2D eigenvalue weighted by Crippen LogP contribution is -2.46. The normalized spacial score (nSPS) is 22.6. The average Bonchev–Trinajstić information content (AvgIpc) is 2.38. The summed E-state index contributed by atoms with van der Waals surface area (Å²) in [6.45, 7) is 9.46. The van der Waals surface area contributed by atoms with Gasteiger partial charge in [0.05, 0.1) is 11.3 Å². The fraction of sp³-hybridized carbons (Fsp3) is 0.733. The lowest BCUT2D eigenvalue weighted by molar-refractivity contribution is -0.0847. The number of nitrogens with zero attached hydrogens (tertiary/aromatic N) is 3. The first-order valence-electron chi connectivity index (χ1n) is 7.23. The predicted molar refractivity (Wildman–Crippen MR) is 75.8 cm³/mol. The minimum absolute atomic E-state index is 0.00270. The standard InChI is InChI=1S/C15H25N3O/c1-4-8-18(12-13-11-16-6-7-17-13)14-5-9-19-15(2,3)10-14/h6-7,11,14H,4-5,8-10,12H2,1-3H3. The Morgan fingerprint density at radius 1 is 1.42 bits per heavy atom. The molecule has 1 aromatic rings. The van der Waals surface area contributed by atoms with E-state index in [4.69, 9.17) is 4.74 Å². The molecular weight excluding hydrogens is 238 g/mol. The molecule has 1 atom stereocenters. The van der Waals surface area contributed by atoms with E-state index in [1.54, 1.807) is 12.4 Å². The molecule has 2 rings (SSSR count). The molecule has 19 heavy (non-hydrogen) atoms. The van der Waals surface area contributed by atoms with E-state index in [9.17, 15) is 0 Å². The van der Waals surface area contributed by atoms with Gasteiger partial charge in [-0.3, -0.25) is 14.9 Å². The zero-order valence-corrected chi connectivity index (χ0v) is 12.3. The first kappa shape index (κ1) is 14.4. The fourth-order valence-electron chi connectivity index (χ4n) is 2.81. The van der Waals surface area contributed by atoms with Crippen LogP contribution in [0, 0.1) is 0 Å². The maximum absolute atomic E-state index is 5.82. The highest BCUT2D eigenvalue weighted by Crippen LogP contribution is 2.28. The van der Waals surface area contributed by atoms with Crippen molar-refractivity contribution in [3.05, 3.63) is 24.3 Å². The van der Waals surface area contributed by atoms with Crippen LogP contribution in [0.2, 0.25) is 0 Å². The fourth-order valence-corrected chi connectivity index (χ4v) is 2.81. The molecule has 0 spiro atoms. The van der Waals surface area contributed by atoms with Gasteiger partial charge in [-0.1, -0.05) is 6.92 Å². The number of hydrogen-bond donors (Lipinski definition) is 0. The Labute approximate surface area is 116 Å². The highest BCUT2D eigenvalue weighted by atomic mass is 16.5. The molecule has 4 heteroatoms. The van der Waals surface area contributed by atoms with Crippen LogP contribution in [0.4, 0.5) is 0 Å². The lowest BCUT2D eigenvalue weighted by atomic mass is 9.92. The number of rotatable bonds is 5. The van der Waals surface area contributed by atoms with Crippen LogP contribution in [-0.4, -0.2) is 39.7 Å². The van der Waals surface area contributed by atoms with Gasteiger partial charge in [0.2, 0.25) is 0 Å². The molecule has 1 aliphatic rings. The smallest absolute Gasteiger partial charge is 0.0726 e. The van der Waals surface area contributed by atoms with E-state index in [2.05, 4.69) is 35.6 Å². The quantitative estimate of drug-likeness (QED) is 0.818. The molecule has 0 amide bonds. The molecule has 1 unspecified atom stereocenters. The summed E-state index contributed by atoms with van der Waals surface area (Å²) in [5, 5.41) is 0. The van der Waals surface area contributed by atoms with Crippen LogP contribution < -0.4 is 0 Å². The Bertz CT molecular complexity index is 380. The molecule has 0 bridgehead atoms. The first-order chi connectivity index (χ1) is 9.11. The molecule has 0 N–H and O–H groups in total. The Morgan fingerprint density at radius 2 is 2.26 bits per heavy atom. The molecule has 2 heterocycles. The third kappa shape index (κ3) is 4.25. The zero-order chi connectivity index (χ0) is 13.7. The van der Waals surface area contributed by atoms with E-state index >= 15 is 0 Å². The summed E-state index contributed by atoms with van der Waals surface area (Å²) in [4.78, 5) is 11.1. The van der Waals surface area contributed by atoms with Crippen LogP contribution in [0.3, 0.4) is 0 Å². The van der Waals surface area contributed by atoms with Gasteiger partial charge in [0, 0.05) is 37.8 Å². The van der Waals surface area contributed by atoms with E-state index in [1.165, 1.54) is 0 Å². The topological polar surface area (TPSA) is 38.2 Å². The van der Waals surface area contributed by atoms with E-state index in [0.717, 1.165) is 44.7 Å².